The van der Waals surface area contributed by atoms with Crippen molar-refractivity contribution in [3.8, 4) is 0 Å². The number of aliphatic hydroxyl groups excluding tert-OH is 1. The Morgan fingerprint density at radius 2 is 2.35 bits per heavy atom. The van der Waals surface area contributed by atoms with Crippen LogP contribution in [0, 0.1) is 5.92 Å². The van der Waals surface area contributed by atoms with E-state index in [1.54, 1.807) is 12.4 Å². The predicted molar refractivity (Wildman–Crippen MR) is 68.2 cm³/mol. The lowest BCUT2D eigenvalue weighted by molar-refractivity contribution is 0.0969. The molecule has 1 aromatic rings. The van der Waals surface area contributed by atoms with Crippen molar-refractivity contribution in [2.24, 2.45) is 5.92 Å². The minimum atomic E-state index is -0.184. The third kappa shape index (κ3) is 2.85. The second-order valence-corrected chi connectivity index (χ2v) is 4.57. The maximum Gasteiger partial charge on any atom is 0.149 e. The summed E-state index contributed by atoms with van der Waals surface area (Å²) in [5.41, 5.74) is 0. The minimum Gasteiger partial charge on any atom is -0.393 e. The van der Waals surface area contributed by atoms with Crippen LogP contribution in [0.25, 0.3) is 0 Å². The molecule has 2 heterocycles. The smallest absolute Gasteiger partial charge is 0.149 e. The number of hydrogen-bond acceptors (Lipinski definition) is 5. The average molecular weight is 236 g/mol. The number of rotatable bonds is 3. The Labute approximate surface area is 102 Å². The summed E-state index contributed by atoms with van der Waals surface area (Å²) >= 11 is 0. The lowest BCUT2D eigenvalue weighted by atomic mass is 9.97. The van der Waals surface area contributed by atoms with Crippen LogP contribution in [0.2, 0.25) is 0 Å². The molecule has 1 aromatic heterocycles. The SMILES string of the molecule is CCNc1cncc(N2CCC(O)C(C)C2)n1. The standard InChI is InChI=1S/C12H20N4O/c1-3-14-11-6-13-7-12(15-11)16-5-4-10(17)9(2)8-16/h6-7,9-10,17H,3-5,8H2,1-2H3,(H,14,15). The first-order chi connectivity index (χ1) is 8.20. The summed E-state index contributed by atoms with van der Waals surface area (Å²) in [5, 5.41) is 12.9. The molecule has 2 unspecified atom stereocenters. The van der Waals surface area contributed by atoms with Gasteiger partial charge < -0.3 is 15.3 Å². The van der Waals surface area contributed by atoms with Gasteiger partial charge in [-0.1, -0.05) is 6.92 Å². The molecule has 1 aliphatic rings. The van der Waals surface area contributed by atoms with E-state index in [2.05, 4.69) is 27.1 Å². The van der Waals surface area contributed by atoms with E-state index < -0.39 is 0 Å². The van der Waals surface area contributed by atoms with Crippen LogP contribution >= 0.6 is 0 Å². The molecule has 2 atom stereocenters. The Hall–Kier alpha value is -1.36. The maximum absolute atomic E-state index is 9.71. The molecule has 5 nitrogen and oxygen atoms in total. The van der Waals surface area contributed by atoms with E-state index in [0.29, 0.717) is 0 Å². The first-order valence-corrected chi connectivity index (χ1v) is 6.19. The van der Waals surface area contributed by atoms with E-state index in [1.165, 1.54) is 0 Å². The van der Waals surface area contributed by atoms with Gasteiger partial charge in [-0.15, -0.1) is 0 Å². The van der Waals surface area contributed by atoms with Gasteiger partial charge in [0.1, 0.15) is 11.6 Å². The van der Waals surface area contributed by atoms with Crippen molar-refractivity contribution in [2.75, 3.05) is 29.9 Å². The fourth-order valence-corrected chi connectivity index (χ4v) is 2.12. The molecule has 0 spiro atoms. The highest BCUT2D eigenvalue weighted by Crippen LogP contribution is 2.21. The van der Waals surface area contributed by atoms with Gasteiger partial charge in [0.05, 0.1) is 18.5 Å². The van der Waals surface area contributed by atoms with E-state index in [4.69, 9.17) is 0 Å². The zero-order valence-corrected chi connectivity index (χ0v) is 10.4. The normalized spacial score (nSPS) is 24.8. The first-order valence-electron chi connectivity index (χ1n) is 6.19. The van der Waals surface area contributed by atoms with Crippen LogP contribution in [0.5, 0.6) is 0 Å². The lowest BCUT2D eigenvalue weighted by Gasteiger charge is -2.35. The highest BCUT2D eigenvalue weighted by molar-refractivity contribution is 5.44. The van der Waals surface area contributed by atoms with Gasteiger partial charge in [-0.3, -0.25) is 4.98 Å². The second-order valence-electron chi connectivity index (χ2n) is 4.57. The van der Waals surface area contributed by atoms with Crippen LogP contribution in [0.1, 0.15) is 20.3 Å². The molecule has 2 N–H and O–H groups in total. The van der Waals surface area contributed by atoms with Crippen LogP contribution in [0.15, 0.2) is 12.4 Å². The maximum atomic E-state index is 9.71. The Kier molecular flexibility index (Phi) is 3.78. The summed E-state index contributed by atoms with van der Waals surface area (Å²) in [6, 6.07) is 0. The number of anilines is 2. The van der Waals surface area contributed by atoms with Crippen LogP contribution in [-0.2, 0) is 0 Å². The van der Waals surface area contributed by atoms with Crippen molar-refractivity contribution in [2.45, 2.75) is 26.4 Å². The first kappa shape index (κ1) is 12.1. The molecule has 0 saturated carbocycles. The van der Waals surface area contributed by atoms with Gasteiger partial charge in [-0.25, -0.2) is 4.98 Å². The summed E-state index contributed by atoms with van der Waals surface area (Å²) in [6.07, 6.45) is 4.13. The van der Waals surface area contributed by atoms with Gasteiger partial charge in [0.2, 0.25) is 0 Å². The highest BCUT2D eigenvalue weighted by Gasteiger charge is 2.25. The monoisotopic (exact) mass is 236 g/mol. The van der Waals surface area contributed by atoms with Crippen LogP contribution in [0.3, 0.4) is 0 Å². The number of hydrogen-bond donors (Lipinski definition) is 2. The van der Waals surface area contributed by atoms with Crippen LogP contribution in [-0.4, -0.2) is 40.8 Å². The number of nitrogens with zero attached hydrogens (tertiary/aromatic N) is 3. The second kappa shape index (κ2) is 5.31. The van der Waals surface area contributed by atoms with Crippen molar-refractivity contribution in [3.05, 3.63) is 12.4 Å². The molecule has 1 fully saturated rings. The molecule has 0 aliphatic carbocycles. The lowest BCUT2D eigenvalue weighted by Crippen LogP contribution is -2.42. The van der Waals surface area contributed by atoms with Crippen molar-refractivity contribution in [3.63, 3.8) is 0 Å². The predicted octanol–water partition coefficient (Wildman–Crippen LogP) is 1.12. The van der Waals surface area contributed by atoms with E-state index in [-0.39, 0.29) is 12.0 Å². The van der Waals surface area contributed by atoms with Crippen molar-refractivity contribution in [1.82, 2.24) is 9.97 Å². The topological polar surface area (TPSA) is 61.3 Å². The fourth-order valence-electron chi connectivity index (χ4n) is 2.12. The van der Waals surface area contributed by atoms with Gasteiger partial charge in [0, 0.05) is 19.6 Å². The minimum absolute atomic E-state index is 0.184. The number of aliphatic hydroxyl groups is 1. The highest BCUT2D eigenvalue weighted by atomic mass is 16.3. The number of piperidine rings is 1. The van der Waals surface area contributed by atoms with E-state index in [1.807, 2.05) is 6.92 Å². The zero-order chi connectivity index (χ0) is 12.3. The van der Waals surface area contributed by atoms with E-state index in [9.17, 15) is 5.11 Å². The summed E-state index contributed by atoms with van der Waals surface area (Å²) < 4.78 is 0. The molecule has 0 bridgehead atoms. The average Bonchev–Trinajstić information content (AvgIpc) is 2.33. The van der Waals surface area contributed by atoms with Gasteiger partial charge in [-0.05, 0) is 19.3 Å². The van der Waals surface area contributed by atoms with Gasteiger partial charge >= 0.3 is 0 Å². The van der Waals surface area contributed by atoms with Gasteiger partial charge in [0.15, 0.2) is 0 Å². The Morgan fingerprint density at radius 1 is 1.53 bits per heavy atom. The molecular weight excluding hydrogens is 216 g/mol. The molecule has 0 radical (unpaired) electrons. The van der Waals surface area contributed by atoms with Crippen LogP contribution in [0.4, 0.5) is 11.6 Å². The van der Waals surface area contributed by atoms with Gasteiger partial charge in [-0.2, -0.15) is 0 Å². The van der Waals surface area contributed by atoms with Crippen molar-refractivity contribution in [1.29, 1.82) is 0 Å². The summed E-state index contributed by atoms with van der Waals surface area (Å²) in [4.78, 5) is 10.9. The molecule has 94 valence electrons. The van der Waals surface area contributed by atoms with Gasteiger partial charge in [0.25, 0.3) is 0 Å². The molecule has 0 aromatic carbocycles. The quantitative estimate of drug-likeness (QED) is 0.823. The molecule has 1 aliphatic heterocycles. The Morgan fingerprint density at radius 3 is 3.06 bits per heavy atom. The number of nitrogens with one attached hydrogen (secondary N) is 1. The third-order valence-corrected chi connectivity index (χ3v) is 3.16. The molecular formula is C12H20N4O. The molecule has 0 amide bonds. The van der Waals surface area contributed by atoms with E-state index >= 15 is 0 Å². The number of aromatic nitrogens is 2. The zero-order valence-electron chi connectivity index (χ0n) is 10.4. The molecule has 2 rings (SSSR count). The Balaban J connectivity index is 2.09. The van der Waals surface area contributed by atoms with Crippen molar-refractivity contribution < 1.29 is 5.11 Å². The summed E-state index contributed by atoms with van der Waals surface area (Å²) in [5.74, 6) is 1.99. The molecule has 5 heteroatoms. The summed E-state index contributed by atoms with van der Waals surface area (Å²) in [7, 11) is 0. The Bertz CT molecular complexity index is 371. The third-order valence-electron chi connectivity index (χ3n) is 3.16. The van der Waals surface area contributed by atoms with Crippen LogP contribution < -0.4 is 10.2 Å². The largest absolute Gasteiger partial charge is 0.393 e. The van der Waals surface area contributed by atoms with Crippen molar-refractivity contribution >= 4 is 11.6 Å². The molecule has 17 heavy (non-hydrogen) atoms. The fraction of sp³-hybridized carbons (Fsp3) is 0.667. The van der Waals surface area contributed by atoms with E-state index in [0.717, 1.165) is 37.7 Å². The summed E-state index contributed by atoms with van der Waals surface area (Å²) in [6.45, 7) is 6.63. The molecule has 1 saturated heterocycles.